The number of carbonyl (C=O) groups is 1. The van der Waals surface area contributed by atoms with Crippen LogP contribution < -0.4 is 10.2 Å². The monoisotopic (exact) mass is 349 g/mol. The molecule has 1 aromatic heterocycles. The van der Waals surface area contributed by atoms with E-state index in [4.69, 9.17) is 5.26 Å². The highest BCUT2D eigenvalue weighted by molar-refractivity contribution is 5.79. The van der Waals surface area contributed by atoms with Gasteiger partial charge in [0.1, 0.15) is 6.07 Å². The average Bonchev–Trinajstić information content (AvgIpc) is 3.10. The van der Waals surface area contributed by atoms with Crippen LogP contribution in [0.2, 0.25) is 0 Å². The van der Waals surface area contributed by atoms with E-state index in [1.54, 1.807) is 12.1 Å². The van der Waals surface area contributed by atoms with Crippen LogP contribution in [0.3, 0.4) is 0 Å². The summed E-state index contributed by atoms with van der Waals surface area (Å²) in [7, 11) is 0. The molecule has 6 nitrogen and oxygen atoms in total. The first-order valence-corrected chi connectivity index (χ1v) is 8.92. The number of carbonyl (C=O) groups excluding carboxylic acids is 1. The molecule has 134 valence electrons. The van der Waals surface area contributed by atoms with Crippen LogP contribution in [-0.2, 0) is 11.2 Å². The van der Waals surface area contributed by atoms with E-state index >= 15 is 0 Å². The van der Waals surface area contributed by atoms with E-state index in [1.165, 1.54) is 5.56 Å². The van der Waals surface area contributed by atoms with Crippen molar-refractivity contribution in [3.8, 4) is 6.07 Å². The van der Waals surface area contributed by atoms with Gasteiger partial charge in [-0.05, 0) is 35.6 Å². The van der Waals surface area contributed by atoms with Crippen LogP contribution in [0.15, 0.2) is 36.4 Å². The Kier molecular flexibility index (Phi) is 5.47. The number of amides is 1. The Bertz CT molecular complexity index is 792. The van der Waals surface area contributed by atoms with Gasteiger partial charge in [0.05, 0.1) is 6.42 Å². The summed E-state index contributed by atoms with van der Waals surface area (Å²) >= 11 is 0. The molecule has 0 saturated carbocycles. The second-order valence-corrected chi connectivity index (χ2v) is 6.96. The van der Waals surface area contributed by atoms with Gasteiger partial charge in [-0.25, -0.2) is 0 Å². The van der Waals surface area contributed by atoms with E-state index < -0.39 is 0 Å². The fourth-order valence-corrected chi connectivity index (χ4v) is 3.12. The van der Waals surface area contributed by atoms with Gasteiger partial charge in [0, 0.05) is 19.1 Å². The molecule has 1 aliphatic rings. The van der Waals surface area contributed by atoms with Crippen LogP contribution in [0.4, 0.5) is 5.82 Å². The summed E-state index contributed by atoms with van der Waals surface area (Å²) in [6.45, 7) is 5.84. The van der Waals surface area contributed by atoms with E-state index in [2.05, 4.69) is 46.4 Å². The summed E-state index contributed by atoms with van der Waals surface area (Å²) in [5.41, 5.74) is 2.62. The summed E-state index contributed by atoms with van der Waals surface area (Å²) < 4.78 is 0. The topological polar surface area (TPSA) is 81.9 Å². The van der Waals surface area contributed by atoms with E-state index in [0.29, 0.717) is 24.6 Å². The van der Waals surface area contributed by atoms with Crippen LogP contribution in [0.1, 0.15) is 43.0 Å². The van der Waals surface area contributed by atoms with Crippen molar-refractivity contribution in [2.45, 2.75) is 38.6 Å². The maximum absolute atomic E-state index is 12.3. The lowest BCUT2D eigenvalue weighted by atomic mass is 10.0. The second-order valence-electron chi connectivity index (χ2n) is 6.96. The van der Waals surface area contributed by atoms with Crippen molar-refractivity contribution in [3.63, 3.8) is 0 Å². The standard InChI is InChI=1S/C20H23N5O/c1-14(2)16-5-3-15(4-6-16)11-20(26)22-18-9-10-25(13-18)19-8-7-17(12-21)23-24-19/h3-8,14,18H,9-11,13H2,1-2H3,(H,22,26)/t18-/m1/s1. The van der Waals surface area contributed by atoms with Crippen molar-refractivity contribution in [2.75, 3.05) is 18.0 Å². The Labute approximate surface area is 153 Å². The van der Waals surface area contributed by atoms with Gasteiger partial charge in [0.15, 0.2) is 11.5 Å². The molecule has 0 bridgehead atoms. The molecule has 0 spiro atoms. The van der Waals surface area contributed by atoms with Crippen molar-refractivity contribution >= 4 is 11.7 Å². The van der Waals surface area contributed by atoms with Gasteiger partial charge in [-0.3, -0.25) is 4.79 Å². The van der Waals surface area contributed by atoms with Gasteiger partial charge < -0.3 is 10.2 Å². The first-order chi connectivity index (χ1) is 12.5. The Hall–Kier alpha value is -2.94. The molecule has 26 heavy (non-hydrogen) atoms. The van der Waals surface area contributed by atoms with Crippen molar-refractivity contribution in [1.82, 2.24) is 15.5 Å². The van der Waals surface area contributed by atoms with Crippen LogP contribution in [0.5, 0.6) is 0 Å². The van der Waals surface area contributed by atoms with Crippen LogP contribution >= 0.6 is 0 Å². The largest absolute Gasteiger partial charge is 0.353 e. The maximum atomic E-state index is 12.3. The number of aromatic nitrogens is 2. The third-order valence-corrected chi connectivity index (χ3v) is 4.65. The summed E-state index contributed by atoms with van der Waals surface area (Å²) in [4.78, 5) is 14.4. The normalized spacial score (nSPS) is 16.5. The van der Waals surface area contributed by atoms with E-state index in [0.717, 1.165) is 24.3 Å². The molecule has 3 rings (SSSR count). The zero-order valence-corrected chi connectivity index (χ0v) is 15.1. The Morgan fingerprint density at radius 1 is 1.27 bits per heavy atom. The van der Waals surface area contributed by atoms with Gasteiger partial charge in [-0.15, -0.1) is 10.2 Å². The summed E-state index contributed by atoms with van der Waals surface area (Å²) in [5, 5.41) is 19.8. The van der Waals surface area contributed by atoms with E-state index in [-0.39, 0.29) is 11.9 Å². The molecule has 0 radical (unpaired) electrons. The molecule has 0 aliphatic carbocycles. The number of nitrogens with zero attached hydrogens (tertiary/aromatic N) is 4. The number of hydrogen-bond acceptors (Lipinski definition) is 5. The number of nitriles is 1. The van der Waals surface area contributed by atoms with Gasteiger partial charge >= 0.3 is 0 Å². The maximum Gasteiger partial charge on any atom is 0.224 e. The number of anilines is 1. The predicted octanol–water partition coefficient (Wildman–Crippen LogP) is 2.41. The third kappa shape index (κ3) is 4.37. The van der Waals surface area contributed by atoms with Crippen molar-refractivity contribution in [3.05, 3.63) is 53.2 Å². The summed E-state index contributed by atoms with van der Waals surface area (Å²) in [6, 6.07) is 13.8. The fourth-order valence-electron chi connectivity index (χ4n) is 3.12. The molecular formula is C20H23N5O. The molecule has 1 aliphatic heterocycles. The highest BCUT2D eigenvalue weighted by Crippen LogP contribution is 2.18. The Balaban J connectivity index is 1.51. The van der Waals surface area contributed by atoms with Gasteiger partial charge in [0.2, 0.25) is 5.91 Å². The third-order valence-electron chi connectivity index (χ3n) is 4.65. The highest BCUT2D eigenvalue weighted by atomic mass is 16.1. The lowest BCUT2D eigenvalue weighted by Gasteiger charge is -2.17. The smallest absolute Gasteiger partial charge is 0.224 e. The summed E-state index contributed by atoms with van der Waals surface area (Å²) in [6.07, 6.45) is 1.27. The molecule has 1 saturated heterocycles. The first-order valence-electron chi connectivity index (χ1n) is 8.92. The average molecular weight is 349 g/mol. The molecule has 0 unspecified atom stereocenters. The molecule has 1 N–H and O–H groups in total. The quantitative estimate of drug-likeness (QED) is 0.896. The highest BCUT2D eigenvalue weighted by Gasteiger charge is 2.25. The fraction of sp³-hybridized carbons (Fsp3) is 0.400. The lowest BCUT2D eigenvalue weighted by molar-refractivity contribution is -0.121. The molecule has 2 aromatic rings. The molecular weight excluding hydrogens is 326 g/mol. The van der Waals surface area contributed by atoms with Gasteiger partial charge in [-0.2, -0.15) is 5.26 Å². The van der Waals surface area contributed by atoms with Crippen LogP contribution in [-0.4, -0.2) is 35.2 Å². The first kappa shape index (κ1) is 17.9. The zero-order chi connectivity index (χ0) is 18.5. The van der Waals surface area contributed by atoms with Gasteiger partial charge in [-0.1, -0.05) is 38.1 Å². The number of hydrogen-bond donors (Lipinski definition) is 1. The number of rotatable bonds is 5. The number of benzene rings is 1. The minimum Gasteiger partial charge on any atom is -0.353 e. The van der Waals surface area contributed by atoms with Crippen LogP contribution in [0, 0.1) is 11.3 Å². The molecule has 2 heterocycles. The molecule has 1 fully saturated rings. The summed E-state index contributed by atoms with van der Waals surface area (Å²) in [5.74, 6) is 1.28. The van der Waals surface area contributed by atoms with Crippen LogP contribution in [0.25, 0.3) is 0 Å². The molecule has 1 amide bonds. The van der Waals surface area contributed by atoms with Crippen molar-refractivity contribution in [1.29, 1.82) is 5.26 Å². The van der Waals surface area contributed by atoms with E-state index in [9.17, 15) is 4.79 Å². The Morgan fingerprint density at radius 3 is 2.65 bits per heavy atom. The minimum atomic E-state index is 0.0417. The predicted molar refractivity (Wildman–Crippen MR) is 99.7 cm³/mol. The Morgan fingerprint density at radius 2 is 2.04 bits per heavy atom. The minimum absolute atomic E-state index is 0.0417. The number of nitrogens with one attached hydrogen (secondary N) is 1. The molecule has 1 atom stereocenters. The lowest BCUT2D eigenvalue weighted by Crippen LogP contribution is -2.38. The van der Waals surface area contributed by atoms with Crippen molar-refractivity contribution in [2.24, 2.45) is 0 Å². The zero-order valence-electron chi connectivity index (χ0n) is 15.1. The molecule has 1 aromatic carbocycles. The van der Waals surface area contributed by atoms with Gasteiger partial charge in [0.25, 0.3) is 0 Å². The SMILES string of the molecule is CC(C)c1ccc(CC(=O)N[C@@H]2CCN(c3ccc(C#N)nn3)C2)cc1. The molecule has 6 heteroatoms. The van der Waals surface area contributed by atoms with E-state index in [1.807, 2.05) is 18.2 Å². The second kappa shape index (κ2) is 7.96. The van der Waals surface area contributed by atoms with Crippen molar-refractivity contribution < 1.29 is 4.79 Å².